The van der Waals surface area contributed by atoms with E-state index in [2.05, 4.69) is 15.7 Å². The molecule has 3 heterocycles. The largest absolute Gasteiger partial charge is 0.467 e. The summed E-state index contributed by atoms with van der Waals surface area (Å²) < 4.78 is 17.5. The minimum absolute atomic E-state index is 0.0740. The minimum atomic E-state index is -1.15. The first-order valence-electron chi connectivity index (χ1n) is 17.7. The SMILES string of the molecule is COCCCOC(=O)CC[C@H](NC(=O)c1cc(OCC(=O)N2CCC[C@H]2C(=O)NC2CCC2)n(-c2ccccc2)n1)C(=O)N1CCN(C(=O)O)CC1. The van der Waals surface area contributed by atoms with Crippen molar-refractivity contribution in [2.24, 2.45) is 0 Å². The van der Waals surface area contributed by atoms with E-state index in [1.165, 1.54) is 32.6 Å². The summed E-state index contributed by atoms with van der Waals surface area (Å²) >= 11 is 0. The van der Waals surface area contributed by atoms with Gasteiger partial charge in [-0.2, -0.15) is 5.10 Å². The Labute approximate surface area is 301 Å². The van der Waals surface area contributed by atoms with Crippen molar-refractivity contribution in [1.82, 2.24) is 35.1 Å². The molecule has 17 nitrogen and oxygen atoms in total. The number of amides is 5. The van der Waals surface area contributed by atoms with Gasteiger partial charge in [-0.25, -0.2) is 9.48 Å². The van der Waals surface area contributed by atoms with Crippen LogP contribution in [-0.4, -0.2) is 143 Å². The van der Waals surface area contributed by atoms with Crippen LogP contribution in [0.5, 0.6) is 5.88 Å². The van der Waals surface area contributed by atoms with E-state index < -0.39 is 42.6 Å². The summed E-state index contributed by atoms with van der Waals surface area (Å²) in [5, 5.41) is 19.5. The number of carbonyl (C=O) groups is 6. The molecule has 0 spiro atoms. The number of aromatic nitrogens is 2. The van der Waals surface area contributed by atoms with Gasteiger partial charge in [0.15, 0.2) is 12.3 Å². The maximum absolute atomic E-state index is 13.7. The number of para-hydroxylation sites is 1. The molecule has 0 unspecified atom stereocenters. The molecule has 5 rings (SSSR count). The number of hydrogen-bond donors (Lipinski definition) is 3. The number of nitrogens with zero attached hydrogens (tertiary/aromatic N) is 5. The summed E-state index contributed by atoms with van der Waals surface area (Å²) in [7, 11) is 1.54. The zero-order chi connectivity index (χ0) is 37.0. The van der Waals surface area contributed by atoms with Crippen LogP contribution in [0.25, 0.3) is 5.69 Å². The highest BCUT2D eigenvalue weighted by atomic mass is 16.5. The van der Waals surface area contributed by atoms with E-state index in [1.807, 2.05) is 6.07 Å². The molecule has 1 aromatic heterocycles. The van der Waals surface area contributed by atoms with Gasteiger partial charge in [-0.1, -0.05) is 18.2 Å². The van der Waals surface area contributed by atoms with Crippen molar-refractivity contribution in [3.8, 4) is 11.6 Å². The maximum atomic E-state index is 13.7. The molecule has 52 heavy (non-hydrogen) atoms. The molecule has 17 heteroatoms. The lowest BCUT2D eigenvalue weighted by atomic mass is 9.93. The van der Waals surface area contributed by atoms with Crippen LogP contribution >= 0.6 is 0 Å². The average Bonchev–Trinajstić information content (AvgIpc) is 3.81. The van der Waals surface area contributed by atoms with Crippen molar-refractivity contribution >= 4 is 35.7 Å². The molecule has 3 fully saturated rings. The predicted molar refractivity (Wildman–Crippen MR) is 184 cm³/mol. The van der Waals surface area contributed by atoms with Crippen LogP contribution in [-0.2, 0) is 28.7 Å². The Hall–Kier alpha value is -5.19. The minimum Gasteiger partial charge on any atom is -0.467 e. The van der Waals surface area contributed by atoms with E-state index in [0.29, 0.717) is 38.1 Å². The van der Waals surface area contributed by atoms with E-state index in [1.54, 1.807) is 24.3 Å². The van der Waals surface area contributed by atoms with Crippen LogP contribution in [0, 0.1) is 0 Å². The average molecular weight is 726 g/mol. The second-order valence-corrected chi connectivity index (χ2v) is 13.0. The highest BCUT2D eigenvalue weighted by Gasteiger charge is 2.36. The molecule has 282 valence electrons. The molecular formula is C35H47N7O10. The number of likely N-dealkylation sites (tertiary alicyclic amines) is 1. The fraction of sp³-hybridized carbons (Fsp3) is 0.571. The standard InChI is InChI=1S/C35H47N7O10/c1-50-20-7-21-51-31(44)14-13-26(34(47)39-16-18-40(19-17-39)35(48)49)37-32(45)27-22-30(42(38-27)25-10-3-2-4-11-25)52-23-29(43)41-15-6-12-28(41)33(46)36-24-8-5-9-24/h2-4,10-11,22,24,26,28H,5-9,12-21,23H2,1H3,(H,36,46)(H,37,45)(H,48,49)/t26-,28-/m0/s1. The molecule has 2 atom stereocenters. The fourth-order valence-electron chi connectivity index (χ4n) is 6.29. The quantitative estimate of drug-likeness (QED) is 0.166. The highest BCUT2D eigenvalue weighted by Crippen LogP contribution is 2.24. The number of methoxy groups -OCH3 is 1. The number of esters is 1. The Morgan fingerprint density at radius 1 is 0.942 bits per heavy atom. The van der Waals surface area contributed by atoms with Gasteiger partial charge in [-0.3, -0.25) is 24.0 Å². The van der Waals surface area contributed by atoms with Crippen LogP contribution in [0.3, 0.4) is 0 Å². The zero-order valence-corrected chi connectivity index (χ0v) is 29.4. The van der Waals surface area contributed by atoms with Crippen LogP contribution in [0.1, 0.15) is 61.9 Å². The smallest absolute Gasteiger partial charge is 0.407 e. The van der Waals surface area contributed by atoms with Gasteiger partial charge in [-0.05, 0) is 50.7 Å². The Morgan fingerprint density at radius 3 is 2.35 bits per heavy atom. The molecule has 2 aromatic rings. The molecule has 1 saturated carbocycles. The zero-order valence-electron chi connectivity index (χ0n) is 29.4. The number of rotatable bonds is 16. The van der Waals surface area contributed by atoms with Gasteiger partial charge in [0, 0.05) is 71.4 Å². The van der Waals surface area contributed by atoms with Gasteiger partial charge in [0.2, 0.25) is 17.7 Å². The second kappa shape index (κ2) is 18.3. The second-order valence-electron chi connectivity index (χ2n) is 13.0. The summed E-state index contributed by atoms with van der Waals surface area (Å²) in [5.74, 6) is -2.19. The molecule has 3 N–H and O–H groups in total. The Balaban J connectivity index is 1.28. The third-order valence-electron chi connectivity index (χ3n) is 9.44. The van der Waals surface area contributed by atoms with Gasteiger partial charge in [0.25, 0.3) is 11.8 Å². The van der Waals surface area contributed by atoms with Crippen LogP contribution in [0.4, 0.5) is 4.79 Å². The molecule has 5 amide bonds. The van der Waals surface area contributed by atoms with Crippen molar-refractivity contribution in [2.75, 3.05) is 59.7 Å². The number of piperazine rings is 1. The van der Waals surface area contributed by atoms with Gasteiger partial charge in [0.1, 0.15) is 12.1 Å². The normalized spacial score (nSPS) is 17.9. The van der Waals surface area contributed by atoms with Gasteiger partial charge >= 0.3 is 12.1 Å². The van der Waals surface area contributed by atoms with Crippen molar-refractivity contribution in [1.29, 1.82) is 0 Å². The Kier molecular flexibility index (Phi) is 13.4. The summed E-state index contributed by atoms with van der Waals surface area (Å²) in [5.41, 5.74) is 0.434. The van der Waals surface area contributed by atoms with Gasteiger partial charge in [0.05, 0.1) is 12.3 Å². The third kappa shape index (κ3) is 9.98. The molecule has 1 aliphatic carbocycles. The highest BCUT2D eigenvalue weighted by molar-refractivity contribution is 5.96. The van der Waals surface area contributed by atoms with Crippen molar-refractivity contribution < 1.29 is 48.1 Å². The summed E-state index contributed by atoms with van der Waals surface area (Å²) in [6.07, 6.45) is 3.40. The lowest BCUT2D eigenvalue weighted by molar-refractivity contribution is -0.144. The van der Waals surface area contributed by atoms with E-state index in [9.17, 15) is 33.9 Å². The number of carboxylic acid groups (broad SMARTS) is 1. The fourth-order valence-corrected chi connectivity index (χ4v) is 6.29. The molecule has 0 bridgehead atoms. The van der Waals surface area contributed by atoms with E-state index in [0.717, 1.165) is 19.3 Å². The maximum Gasteiger partial charge on any atom is 0.407 e. The number of nitrogens with one attached hydrogen (secondary N) is 2. The molecule has 3 aliphatic rings. The van der Waals surface area contributed by atoms with Crippen LogP contribution in [0.2, 0.25) is 0 Å². The predicted octanol–water partition coefficient (Wildman–Crippen LogP) is 1.19. The number of benzene rings is 1. The Morgan fingerprint density at radius 2 is 1.67 bits per heavy atom. The Bertz CT molecular complexity index is 1570. The monoisotopic (exact) mass is 725 g/mol. The first-order chi connectivity index (χ1) is 25.1. The summed E-state index contributed by atoms with van der Waals surface area (Å²) in [6.45, 7) is 1.03. The number of ether oxygens (including phenoxy) is 3. The molecule has 0 radical (unpaired) electrons. The molecule has 1 aromatic carbocycles. The third-order valence-corrected chi connectivity index (χ3v) is 9.44. The van der Waals surface area contributed by atoms with E-state index >= 15 is 0 Å². The molecular weight excluding hydrogens is 678 g/mol. The van der Waals surface area contributed by atoms with Crippen LogP contribution in [0.15, 0.2) is 36.4 Å². The van der Waals surface area contributed by atoms with E-state index in [4.69, 9.17) is 14.2 Å². The topological polar surface area (TPSA) is 202 Å². The first-order valence-corrected chi connectivity index (χ1v) is 17.7. The lowest BCUT2D eigenvalue weighted by Crippen LogP contribution is -2.55. The summed E-state index contributed by atoms with van der Waals surface area (Å²) in [4.78, 5) is 81.6. The van der Waals surface area contributed by atoms with E-state index in [-0.39, 0.29) is 75.1 Å². The molecule has 2 saturated heterocycles. The van der Waals surface area contributed by atoms with Crippen molar-refractivity contribution in [2.45, 2.75) is 69.5 Å². The van der Waals surface area contributed by atoms with Crippen molar-refractivity contribution in [3.63, 3.8) is 0 Å². The van der Waals surface area contributed by atoms with Crippen LogP contribution < -0.4 is 15.4 Å². The first kappa shape index (κ1) is 38.1. The number of carbonyl (C=O) groups excluding carboxylic acids is 5. The molecule has 2 aliphatic heterocycles. The summed E-state index contributed by atoms with van der Waals surface area (Å²) in [6, 6.07) is 8.63. The van der Waals surface area contributed by atoms with Crippen molar-refractivity contribution in [3.05, 3.63) is 42.1 Å². The number of hydrogen-bond acceptors (Lipinski definition) is 10. The lowest BCUT2D eigenvalue weighted by Gasteiger charge is -2.35. The van der Waals surface area contributed by atoms with Gasteiger partial charge < -0.3 is 44.7 Å². The van der Waals surface area contributed by atoms with Gasteiger partial charge in [-0.15, -0.1) is 0 Å².